The molecule has 110 valence electrons. The zero-order chi connectivity index (χ0) is 15.4. The smallest absolute Gasteiger partial charge is 0.339 e. The molecule has 0 unspecified atom stereocenters. The molecule has 0 aliphatic carbocycles. The number of aromatic amines is 1. The molecule has 0 saturated carbocycles. The maximum Gasteiger partial charge on any atom is 0.339 e. The number of nitrogens with zero attached hydrogens (tertiary/aromatic N) is 2. The number of aryl methyl sites for hydroxylation is 1. The lowest BCUT2D eigenvalue weighted by Crippen LogP contribution is -2.33. The highest BCUT2D eigenvalue weighted by Gasteiger charge is 2.05. The summed E-state index contributed by atoms with van der Waals surface area (Å²) < 4.78 is 1.40. The molecule has 0 saturated heterocycles. The first-order valence-corrected chi connectivity index (χ1v) is 7.04. The number of H-pyrrole nitrogens is 1. The van der Waals surface area contributed by atoms with E-state index in [1.165, 1.54) is 16.4 Å². The first-order chi connectivity index (χ1) is 9.95. The summed E-state index contributed by atoms with van der Waals surface area (Å²) in [6.07, 6.45) is -0.0105. The lowest BCUT2D eigenvalue weighted by atomic mass is 10.1. The molecule has 2 rings (SSSR count). The predicted octanol–water partition coefficient (Wildman–Crippen LogP) is 0.388. The number of nitrogens with one attached hydrogen (secondary N) is 1. The summed E-state index contributed by atoms with van der Waals surface area (Å²) in [5.74, 6) is -0.316. The number of aliphatic carboxylic acids is 1. The van der Waals surface area contributed by atoms with Gasteiger partial charge in [-0.3, -0.25) is 24.2 Å². The third-order valence-electron chi connectivity index (χ3n) is 2.69. The number of aromatic nitrogens is 3. The van der Waals surface area contributed by atoms with Crippen molar-refractivity contribution in [2.75, 3.05) is 0 Å². The molecule has 2 N–H and O–H groups in total. The van der Waals surface area contributed by atoms with Crippen LogP contribution in [0.4, 0.5) is 0 Å². The Balaban J connectivity index is 2.06. The molecule has 7 nitrogen and oxygen atoms in total. The van der Waals surface area contributed by atoms with Crippen LogP contribution in [0.2, 0.25) is 0 Å². The molecular weight excluding hydrogens is 294 g/mol. The van der Waals surface area contributed by atoms with Gasteiger partial charge in [0.05, 0.1) is 6.42 Å². The monoisotopic (exact) mass is 307 g/mol. The molecule has 2 aromatic rings. The fraction of sp³-hybridized carbons (Fsp3) is 0.231. The van der Waals surface area contributed by atoms with Crippen LogP contribution in [0.3, 0.4) is 0 Å². The zero-order valence-electron chi connectivity index (χ0n) is 11.2. The normalized spacial score (nSPS) is 10.5. The first kappa shape index (κ1) is 15.0. The van der Waals surface area contributed by atoms with Gasteiger partial charge in [0.1, 0.15) is 0 Å². The summed E-state index contributed by atoms with van der Waals surface area (Å²) in [5.41, 5.74) is 0.132. The number of hydrogen-bond donors (Lipinski definition) is 2. The van der Waals surface area contributed by atoms with Crippen LogP contribution in [0.5, 0.6) is 0 Å². The van der Waals surface area contributed by atoms with E-state index in [9.17, 15) is 14.4 Å². The molecule has 1 aromatic carbocycles. The van der Waals surface area contributed by atoms with Gasteiger partial charge in [-0.25, -0.2) is 0 Å². The highest BCUT2D eigenvalue weighted by Crippen LogP contribution is 2.19. The molecule has 0 aliphatic rings. The van der Waals surface area contributed by atoms with Gasteiger partial charge in [0.2, 0.25) is 0 Å². The van der Waals surface area contributed by atoms with Gasteiger partial charge in [0.25, 0.3) is 0 Å². The Kier molecular flexibility index (Phi) is 4.59. The second-order valence-corrected chi connectivity index (χ2v) is 5.32. The number of benzene rings is 1. The zero-order valence-corrected chi connectivity index (χ0v) is 12.0. The standard InChI is InChI=1S/C13H13N3O4S/c1-16-13(14-11(19)12(20)15-16)21-7-9-4-2-8(3-5-9)6-10(17)18/h2-5H,6-7H2,1H3,(H,15,20)(H,17,18). The summed E-state index contributed by atoms with van der Waals surface area (Å²) in [6.45, 7) is 0. The Labute approximate surface area is 123 Å². The summed E-state index contributed by atoms with van der Waals surface area (Å²) >= 11 is 1.31. The van der Waals surface area contributed by atoms with Crippen molar-refractivity contribution in [2.24, 2.45) is 7.05 Å². The van der Waals surface area contributed by atoms with Gasteiger partial charge in [0.15, 0.2) is 5.16 Å². The quantitative estimate of drug-likeness (QED) is 0.611. The molecule has 1 heterocycles. The second kappa shape index (κ2) is 6.40. The summed E-state index contributed by atoms with van der Waals surface area (Å²) in [7, 11) is 1.60. The van der Waals surface area contributed by atoms with Gasteiger partial charge < -0.3 is 5.11 Å². The molecule has 0 bridgehead atoms. The van der Waals surface area contributed by atoms with E-state index in [0.29, 0.717) is 10.9 Å². The third kappa shape index (κ3) is 4.06. The molecule has 0 spiro atoms. The third-order valence-corrected chi connectivity index (χ3v) is 3.79. The molecule has 21 heavy (non-hydrogen) atoms. The molecule has 0 radical (unpaired) electrons. The van der Waals surface area contributed by atoms with Crippen molar-refractivity contribution in [3.05, 3.63) is 56.1 Å². The van der Waals surface area contributed by atoms with Gasteiger partial charge in [-0.05, 0) is 11.1 Å². The van der Waals surface area contributed by atoms with E-state index in [4.69, 9.17) is 5.11 Å². The minimum absolute atomic E-state index is 0.0105. The maximum absolute atomic E-state index is 11.2. The number of carbonyl (C=O) groups is 1. The van der Waals surface area contributed by atoms with Crippen molar-refractivity contribution in [3.63, 3.8) is 0 Å². The topological polar surface area (TPSA) is 105 Å². The first-order valence-electron chi connectivity index (χ1n) is 6.05. The predicted molar refractivity (Wildman–Crippen MR) is 77.4 cm³/mol. The Hall–Kier alpha value is -2.35. The summed E-state index contributed by atoms with van der Waals surface area (Å²) in [4.78, 5) is 36.6. The van der Waals surface area contributed by atoms with Crippen LogP contribution in [0.1, 0.15) is 11.1 Å². The van der Waals surface area contributed by atoms with Gasteiger partial charge in [-0.1, -0.05) is 36.0 Å². The highest BCUT2D eigenvalue weighted by molar-refractivity contribution is 7.98. The van der Waals surface area contributed by atoms with Crippen LogP contribution in [0.25, 0.3) is 0 Å². The average molecular weight is 307 g/mol. The molecule has 1 aromatic heterocycles. The fourth-order valence-corrected chi connectivity index (χ4v) is 2.54. The van der Waals surface area contributed by atoms with Crippen LogP contribution in [0.15, 0.2) is 39.0 Å². The molecule has 0 atom stereocenters. The van der Waals surface area contributed by atoms with Gasteiger partial charge in [-0.15, -0.1) is 0 Å². The van der Waals surface area contributed by atoms with E-state index < -0.39 is 17.1 Å². The van der Waals surface area contributed by atoms with Crippen LogP contribution in [0, 0.1) is 0 Å². The van der Waals surface area contributed by atoms with E-state index in [2.05, 4.69) is 10.1 Å². The number of hydrogen-bond acceptors (Lipinski definition) is 5. The van der Waals surface area contributed by atoms with Crippen LogP contribution >= 0.6 is 11.8 Å². The minimum atomic E-state index is -0.871. The Morgan fingerprint density at radius 1 is 1.29 bits per heavy atom. The van der Waals surface area contributed by atoms with Crippen LogP contribution in [-0.4, -0.2) is 25.8 Å². The highest BCUT2D eigenvalue weighted by atomic mass is 32.2. The second-order valence-electron chi connectivity index (χ2n) is 4.38. The van der Waals surface area contributed by atoms with Gasteiger partial charge in [0, 0.05) is 12.8 Å². The Morgan fingerprint density at radius 2 is 1.90 bits per heavy atom. The van der Waals surface area contributed by atoms with Crippen molar-refractivity contribution < 1.29 is 9.90 Å². The van der Waals surface area contributed by atoms with Crippen molar-refractivity contribution in [3.8, 4) is 0 Å². The summed E-state index contributed by atoms with van der Waals surface area (Å²) in [6, 6.07) is 7.16. The number of rotatable bonds is 5. The molecule has 8 heteroatoms. The van der Waals surface area contributed by atoms with E-state index in [1.807, 2.05) is 12.1 Å². The van der Waals surface area contributed by atoms with E-state index in [0.717, 1.165) is 11.1 Å². The SMILES string of the molecule is Cn1[nH]c(=O)c(=O)nc1SCc1ccc(CC(=O)O)cc1. The lowest BCUT2D eigenvalue weighted by molar-refractivity contribution is -0.136. The van der Waals surface area contributed by atoms with Crippen LogP contribution < -0.4 is 11.1 Å². The lowest BCUT2D eigenvalue weighted by Gasteiger charge is -2.06. The largest absolute Gasteiger partial charge is 0.481 e. The Bertz CT molecular complexity index is 764. The fourth-order valence-electron chi connectivity index (χ4n) is 1.67. The number of carboxylic acids is 1. The van der Waals surface area contributed by atoms with E-state index in [1.54, 1.807) is 19.2 Å². The molecule has 0 aliphatic heterocycles. The van der Waals surface area contributed by atoms with Crippen molar-refractivity contribution in [1.82, 2.24) is 14.8 Å². The van der Waals surface area contributed by atoms with Crippen molar-refractivity contribution in [1.29, 1.82) is 0 Å². The van der Waals surface area contributed by atoms with Crippen molar-refractivity contribution >= 4 is 17.7 Å². The Morgan fingerprint density at radius 3 is 2.52 bits per heavy atom. The minimum Gasteiger partial charge on any atom is -0.481 e. The van der Waals surface area contributed by atoms with Crippen molar-refractivity contribution in [2.45, 2.75) is 17.3 Å². The molecular formula is C13H13N3O4S. The van der Waals surface area contributed by atoms with Crippen LogP contribution in [-0.2, 0) is 24.0 Å². The van der Waals surface area contributed by atoms with E-state index in [-0.39, 0.29) is 6.42 Å². The summed E-state index contributed by atoms with van der Waals surface area (Å²) in [5, 5.41) is 11.5. The van der Waals surface area contributed by atoms with Gasteiger partial charge >= 0.3 is 17.1 Å². The average Bonchev–Trinajstić information content (AvgIpc) is 2.42. The molecule has 0 fully saturated rings. The maximum atomic E-state index is 11.2. The van der Waals surface area contributed by atoms with E-state index >= 15 is 0 Å². The number of carboxylic acid groups (broad SMARTS) is 1. The molecule has 0 amide bonds. The number of thioether (sulfide) groups is 1. The van der Waals surface area contributed by atoms with Gasteiger partial charge in [-0.2, -0.15) is 4.98 Å².